The monoisotopic (exact) mass is 314 g/mol. The molecule has 0 spiro atoms. The molecule has 116 valence electrons. The van der Waals surface area contributed by atoms with Crippen LogP contribution in [0.3, 0.4) is 0 Å². The molecule has 3 heterocycles. The molecule has 0 saturated heterocycles. The van der Waals surface area contributed by atoms with E-state index in [1.54, 1.807) is 12.1 Å². The second-order valence-electron chi connectivity index (χ2n) is 5.51. The van der Waals surface area contributed by atoms with Gasteiger partial charge in [-0.2, -0.15) is 0 Å². The molecule has 0 saturated carbocycles. The second kappa shape index (κ2) is 4.23. The van der Waals surface area contributed by atoms with Gasteiger partial charge in [0, 0.05) is 11.1 Å². The highest BCUT2D eigenvalue weighted by molar-refractivity contribution is 5.95. The number of aliphatic hydroxyl groups is 2. The molecule has 23 heavy (non-hydrogen) atoms. The molecule has 2 atom stereocenters. The van der Waals surface area contributed by atoms with Crippen LogP contribution in [0.25, 0.3) is 0 Å². The number of hydrogen-bond donors (Lipinski definition) is 2. The van der Waals surface area contributed by atoms with Gasteiger partial charge in [-0.25, -0.2) is 4.79 Å². The van der Waals surface area contributed by atoms with Crippen molar-refractivity contribution in [1.82, 2.24) is 0 Å². The van der Waals surface area contributed by atoms with Crippen LogP contribution in [0.15, 0.2) is 24.3 Å². The van der Waals surface area contributed by atoms with Crippen LogP contribution in [0.2, 0.25) is 0 Å². The molecule has 5 rings (SSSR count). The first-order valence-electron chi connectivity index (χ1n) is 6.99. The quantitative estimate of drug-likeness (QED) is 0.615. The van der Waals surface area contributed by atoms with Gasteiger partial charge >= 0.3 is 5.97 Å². The molecule has 2 unspecified atom stereocenters. The third-order valence-corrected chi connectivity index (χ3v) is 4.13. The molecule has 2 aromatic carbocycles. The highest BCUT2D eigenvalue weighted by Gasteiger charge is 2.34. The van der Waals surface area contributed by atoms with E-state index >= 15 is 0 Å². The van der Waals surface area contributed by atoms with Crippen LogP contribution >= 0.6 is 0 Å². The van der Waals surface area contributed by atoms with Gasteiger partial charge in [0.05, 0.1) is 12.2 Å². The van der Waals surface area contributed by atoms with Gasteiger partial charge < -0.3 is 29.2 Å². The third kappa shape index (κ3) is 1.72. The minimum Gasteiger partial charge on any atom is -0.449 e. The molecule has 0 aliphatic carbocycles. The Morgan fingerprint density at radius 2 is 1.52 bits per heavy atom. The van der Waals surface area contributed by atoms with E-state index in [-0.39, 0.29) is 5.56 Å². The van der Waals surface area contributed by atoms with E-state index in [2.05, 4.69) is 0 Å². The number of fused-ring (bicyclic) bond motifs is 4. The summed E-state index contributed by atoms with van der Waals surface area (Å²) in [6.07, 6.45) is -2.28. The van der Waals surface area contributed by atoms with E-state index in [4.69, 9.17) is 18.9 Å². The Morgan fingerprint density at radius 3 is 2.30 bits per heavy atom. The molecule has 7 nitrogen and oxygen atoms in total. The first-order valence-corrected chi connectivity index (χ1v) is 6.99. The van der Waals surface area contributed by atoms with Gasteiger partial charge in [0.15, 0.2) is 29.3 Å². The van der Waals surface area contributed by atoms with Crippen LogP contribution in [-0.4, -0.2) is 16.2 Å². The van der Waals surface area contributed by atoms with Crippen LogP contribution in [-0.2, 0) is 16.1 Å². The predicted molar refractivity (Wildman–Crippen MR) is 73.2 cm³/mol. The number of cyclic esters (lactones) is 1. The molecular weight excluding hydrogens is 304 g/mol. The van der Waals surface area contributed by atoms with Gasteiger partial charge in [-0.05, 0) is 29.8 Å². The van der Waals surface area contributed by atoms with Crippen LogP contribution in [0.4, 0.5) is 0 Å². The average molecular weight is 314 g/mol. The van der Waals surface area contributed by atoms with Gasteiger partial charge in [-0.3, -0.25) is 0 Å². The maximum atomic E-state index is 11.7. The molecule has 0 bridgehead atoms. The van der Waals surface area contributed by atoms with Gasteiger partial charge in [0.25, 0.3) is 0 Å². The largest absolute Gasteiger partial charge is 0.449 e. The van der Waals surface area contributed by atoms with Crippen molar-refractivity contribution in [2.45, 2.75) is 19.2 Å². The van der Waals surface area contributed by atoms with E-state index < -0.39 is 18.5 Å². The fourth-order valence-electron chi connectivity index (χ4n) is 2.97. The Morgan fingerprint density at radius 1 is 0.870 bits per heavy atom. The minimum atomic E-state index is -1.30. The Labute approximate surface area is 129 Å². The lowest BCUT2D eigenvalue weighted by Gasteiger charge is -2.22. The maximum Gasteiger partial charge on any atom is 0.341 e. The predicted octanol–water partition coefficient (Wildman–Crippen LogP) is 2.27. The van der Waals surface area contributed by atoms with E-state index in [0.717, 1.165) is 5.56 Å². The number of carbonyl (C=O) groups is 1. The zero-order chi connectivity index (χ0) is 15.7. The van der Waals surface area contributed by atoms with Crippen molar-refractivity contribution in [2.24, 2.45) is 0 Å². The summed E-state index contributed by atoms with van der Waals surface area (Å²) in [4.78, 5) is 11.7. The zero-order valence-electron chi connectivity index (χ0n) is 11.6. The lowest BCUT2D eigenvalue weighted by Crippen LogP contribution is -2.03. The van der Waals surface area contributed by atoms with E-state index in [1.165, 1.54) is 12.1 Å². The number of benzene rings is 2. The Hall–Kier alpha value is -2.61. The molecule has 2 aromatic rings. The summed E-state index contributed by atoms with van der Waals surface area (Å²) in [6, 6.07) is 6.41. The summed E-state index contributed by atoms with van der Waals surface area (Å²) < 4.78 is 21.5. The second-order valence-corrected chi connectivity index (χ2v) is 5.51. The fraction of sp³-hybridized carbons (Fsp3) is 0.188. The highest BCUT2D eigenvalue weighted by Crippen LogP contribution is 2.50. The van der Waals surface area contributed by atoms with Crippen LogP contribution in [0.1, 0.15) is 39.6 Å². The van der Waals surface area contributed by atoms with Crippen LogP contribution in [0, 0.1) is 0 Å². The first kappa shape index (κ1) is 12.9. The average Bonchev–Trinajstić information content (AvgIpc) is 3.02. The molecule has 3 aliphatic heterocycles. The smallest absolute Gasteiger partial charge is 0.341 e. The number of ether oxygens (including phenoxy) is 4. The van der Waals surface area contributed by atoms with Gasteiger partial charge in [-0.1, -0.05) is 0 Å². The Balaban J connectivity index is 1.62. The number of rotatable bonds is 0. The lowest BCUT2D eigenvalue weighted by molar-refractivity contribution is -0.0919. The summed E-state index contributed by atoms with van der Waals surface area (Å²) in [6.45, 7) is 0.294. The van der Waals surface area contributed by atoms with Crippen molar-refractivity contribution in [2.75, 3.05) is 0 Å². The summed E-state index contributed by atoms with van der Waals surface area (Å²) in [5.74, 6) is 1.03. The van der Waals surface area contributed by atoms with Crippen molar-refractivity contribution in [3.05, 3.63) is 46.5 Å². The van der Waals surface area contributed by atoms with Crippen molar-refractivity contribution >= 4 is 5.97 Å². The minimum absolute atomic E-state index is 0.253. The molecule has 2 N–H and O–H groups in total. The van der Waals surface area contributed by atoms with E-state index in [0.29, 0.717) is 40.7 Å². The SMILES string of the molecule is O=C1OC(O)c2cc3c(cc21)Oc1cc2c(cc1O3)C(O)OC2. The Kier molecular flexibility index (Phi) is 2.37. The Bertz CT molecular complexity index is 873. The molecule has 7 heteroatoms. The molecule has 3 aliphatic rings. The van der Waals surface area contributed by atoms with Crippen LogP contribution in [0.5, 0.6) is 23.0 Å². The highest BCUT2D eigenvalue weighted by atomic mass is 16.6. The van der Waals surface area contributed by atoms with E-state index in [9.17, 15) is 15.0 Å². The molecule has 0 radical (unpaired) electrons. The normalized spacial score (nSPS) is 23.1. The lowest BCUT2D eigenvalue weighted by atomic mass is 10.1. The topological polar surface area (TPSA) is 94.5 Å². The fourth-order valence-corrected chi connectivity index (χ4v) is 2.97. The number of hydrogen-bond acceptors (Lipinski definition) is 7. The summed E-state index contributed by atoms with van der Waals surface area (Å²) in [5.41, 5.74) is 2.04. The van der Waals surface area contributed by atoms with Crippen molar-refractivity contribution in [1.29, 1.82) is 0 Å². The summed E-state index contributed by atoms with van der Waals surface area (Å²) in [7, 11) is 0. The molecule has 0 aromatic heterocycles. The van der Waals surface area contributed by atoms with Gasteiger partial charge in [-0.15, -0.1) is 0 Å². The van der Waals surface area contributed by atoms with Crippen molar-refractivity contribution in [3.63, 3.8) is 0 Å². The van der Waals surface area contributed by atoms with Crippen molar-refractivity contribution in [3.8, 4) is 23.0 Å². The van der Waals surface area contributed by atoms with Crippen LogP contribution < -0.4 is 9.47 Å². The molecule has 0 amide bonds. The number of carbonyl (C=O) groups excluding carboxylic acids is 1. The zero-order valence-corrected chi connectivity index (χ0v) is 11.6. The standard InChI is InChI=1S/C16H10O7/c17-14-7-2-11-10(1-6(7)5-20-14)21-12-3-8-9(4-13(12)22-11)16(19)23-15(8)18/h1-4,14,16-17,19H,5H2. The number of aliphatic hydroxyl groups excluding tert-OH is 2. The first-order chi connectivity index (χ1) is 11.1. The molecule has 0 fully saturated rings. The third-order valence-electron chi connectivity index (χ3n) is 4.13. The summed E-state index contributed by atoms with van der Waals surface area (Å²) in [5, 5.41) is 19.5. The van der Waals surface area contributed by atoms with E-state index in [1.807, 2.05) is 0 Å². The van der Waals surface area contributed by atoms with Gasteiger partial charge in [0.1, 0.15) is 0 Å². The van der Waals surface area contributed by atoms with Crippen molar-refractivity contribution < 1.29 is 34.0 Å². The summed E-state index contributed by atoms with van der Waals surface area (Å²) >= 11 is 0. The van der Waals surface area contributed by atoms with Gasteiger partial charge in [0.2, 0.25) is 6.29 Å². The molecular formula is C16H10O7. The number of esters is 1. The maximum absolute atomic E-state index is 11.7.